The van der Waals surface area contributed by atoms with Crippen LogP contribution in [0.1, 0.15) is 26.7 Å². The fraction of sp³-hybridized carbons (Fsp3) is 0.529. The summed E-state index contributed by atoms with van der Waals surface area (Å²) in [6.45, 7) is 5.08. The zero-order chi connectivity index (χ0) is 17.9. The molecule has 0 aromatic carbocycles. The molecule has 0 radical (unpaired) electrons. The molecule has 136 valence electrons. The Kier molecular flexibility index (Phi) is 5.39. The summed E-state index contributed by atoms with van der Waals surface area (Å²) in [4.78, 5) is 4.36. The summed E-state index contributed by atoms with van der Waals surface area (Å²) in [6, 6.07) is 5.60. The van der Waals surface area contributed by atoms with Gasteiger partial charge in [0.25, 0.3) is 0 Å². The van der Waals surface area contributed by atoms with Crippen LogP contribution in [-0.2, 0) is 10.0 Å². The highest BCUT2D eigenvalue weighted by atomic mass is 32.2. The minimum atomic E-state index is -3.19. The number of sulfonamides is 1. The van der Waals surface area contributed by atoms with Crippen LogP contribution in [0, 0.1) is 5.92 Å². The number of nitrogens with zero attached hydrogens (tertiary/aromatic N) is 3. The van der Waals surface area contributed by atoms with E-state index in [2.05, 4.69) is 15.2 Å². The minimum absolute atomic E-state index is 0.203. The number of ether oxygens (including phenoxy) is 1. The molecular weight excluding hydrogens is 340 g/mol. The summed E-state index contributed by atoms with van der Waals surface area (Å²) >= 11 is 0. The number of hydrogen-bond donors (Lipinski definition) is 1. The molecule has 0 spiro atoms. The lowest BCUT2D eigenvalue weighted by Gasteiger charge is -2.32. The number of nitrogens with one attached hydrogen (secondary N) is 1. The fourth-order valence-corrected chi connectivity index (χ4v) is 4.33. The van der Waals surface area contributed by atoms with Crippen molar-refractivity contribution in [2.45, 2.75) is 31.9 Å². The standard InChI is InChI=1S/C17H24N4O3S/c1-13(2)25(22,23)21-9-3-4-14(11-21)12-24-15-5-6-16(18-10-15)17-7-8-19-20-17/h5-8,10,13-14H,3-4,9,11-12H2,1-2H3,(H,19,20)/t14-/m1/s1. The molecule has 2 aromatic heterocycles. The van der Waals surface area contributed by atoms with E-state index in [9.17, 15) is 8.42 Å². The van der Waals surface area contributed by atoms with Crippen molar-refractivity contribution in [1.82, 2.24) is 19.5 Å². The van der Waals surface area contributed by atoms with Gasteiger partial charge in [-0.05, 0) is 44.9 Å². The average molecular weight is 364 g/mol. The average Bonchev–Trinajstić information content (AvgIpc) is 3.15. The van der Waals surface area contributed by atoms with Crippen molar-refractivity contribution in [1.29, 1.82) is 0 Å². The van der Waals surface area contributed by atoms with Crippen LogP contribution in [0.25, 0.3) is 11.4 Å². The van der Waals surface area contributed by atoms with Crippen molar-refractivity contribution >= 4 is 10.0 Å². The number of H-pyrrole nitrogens is 1. The molecule has 3 heterocycles. The molecule has 1 aliphatic rings. The number of aromatic nitrogens is 3. The SMILES string of the molecule is CC(C)S(=O)(=O)N1CCC[C@@H](COc2ccc(-c3ccn[nH]3)nc2)C1. The Labute approximate surface area is 148 Å². The zero-order valence-electron chi connectivity index (χ0n) is 14.6. The van der Waals surface area contributed by atoms with Crippen LogP contribution in [0.15, 0.2) is 30.6 Å². The number of piperidine rings is 1. The molecule has 2 aromatic rings. The van der Waals surface area contributed by atoms with Crippen LogP contribution >= 0.6 is 0 Å². The quantitative estimate of drug-likeness (QED) is 0.850. The topological polar surface area (TPSA) is 88.2 Å². The first-order valence-corrected chi connectivity index (χ1v) is 10.0. The van der Waals surface area contributed by atoms with Crippen LogP contribution in [0.4, 0.5) is 0 Å². The molecule has 0 aliphatic carbocycles. The Bertz CT molecular complexity index is 773. The molecule has 0 unspecified atom stereocenters. The summed E-state index contributed by atoms with van der Waals surface area (Å²) in [5.74, 6) is 0.890. The fourth-order valence-electron chi connectivity index (χ4n) is 2.93. The van der Waals surface area contributed by atoms with Crippen LogP contribution in [0.5, 0.6) is 5.75 Å². The van der Waals surface area contributed by atoms with E-state index in [1.165, 1.54) is 0 Å². The van der Waals surface area contributed by atoms with Crippen LogP contribution in [0.2, 0.25) is 0 Å². The first-order valence-electron chi connectivity index (χ1n) is 8.54. The Morgan fingerprint density at radius 3 is 2.84 bits per heavy atom. The van der Waals surface area contributed by atoms with E-state index in [-0.39, 0.29) is 11.2 Å². The van der Waals surface area contributed by atoms with Gasteiger partial charge in [0.15, 0.2) is 0 Å². The predicted molar refractivity (Wildman–Crippen MR) is 95.7 cm³/mol. The molecule has 7 nitrogen and oxygen atoms in total. The van der Waals surface area contributed by atoms with E-state index in [1.807, 2.05) is 18.2 Å². The third-order valence-electron chi connectivity index (χ3n) is 4.44. The summed E-state index contributed by atoms with van der Waals surface area (Å²) in [5, 5.41) is 6.39. The summed E-state index contributed by atoms with van der Waals surface area (Å²) in [6.07, 6.45) is 5.21. The van der Waals surface area contributed by atoms with E-state index in [0.29, 0.717) is 25.4 Å². The van der Waals surface area contributed by atoms with Crippen LogP contribution < -0.4 is 4.74 Å². The molecule has 0 bridgehead atoms. The van der Waals surface area contributed by atoms with Crippen molar-refractivity contribution in [3.05, 3.63) is 30.6 Å². The van der Waals surface area contributed by atoms with Crippen molar-refractivity contribution in [3.63, 3.8) is 0 Å². The Hall–Kier alpha value is -1.93. The van der Waals surface area contributed by atoms with E-state index in [0.717, 1.165) is 24.2 Å². The molecule has 1 saturated heterocycles. The van der Waals surface area contributed by atoms with Gasteiger partial charge in [-0.1, -0.05) is 0 Å². The monoisotopic (exact) mass is 364 g/mol. The van der Waals surface area contributed by atoms with E-state index in [4.69, 9.17) is 4.74 Å². The lowest BCUT2D eigenvalue weighted by atomic mass is 10.0. The normalized spacial score (nSPS) is 19.2. The van der Waals surface area contributed by atoms with Crippen molar-refractivity contribution < 1.29 is 13.2 Å². The molecule has 0 amide bonds. The molecule has 1 atom stereocenters. The summed E-state index contributed by atoms with van der Waals surface area (Å²) in [5.41, 5.74) is 1.66. The van der Waals surface area contributed by atoms with Gasteiger partial charge in [-0.15, -0.1) is 0 Å². The number of aromatic amines is 1. The van der Waals surface area contributed by atoms with Gasteiger partial charge in [-0.25, -0.2) is 12.7 Å². The highest BCUT2D eigenvalue weighted by molar-refractivity contribution is 7.89. The maximum absolute atomic E-state index is 12.3. The van der Waals surface area contributed by atoms with Crippen LogP contribution in [0.3, 0.4) is 0 Å². The molecule has 1 aliphatic heterocycles. The predicted octanol–water partition coefficient (Wildman–Crippen LogP) is 2.30. The Morgan fingerprint density at radius 1 is 1.36 bits per heavy atom. The molecule has 8 heteroatoms. The van der Waals surface area contributed by atoms with Gasteiger partial charge in [0.05, 0.1) is 29.4 Å². The van der Waals surface area contributed by atoms with Gasteiger partial charge < -0.3 is 4.74 Å². The van der Waals surface area contributed by atoms with Gasteiger partial charge >= 0.3 is 0 Å². The highest BCUT2D eigenvalue weighted by Crippen LogP contribution is 2.23. The van der Waals surface area contributed by atoms with Gasteiger partial charge in [-0.2, -0.15) is 5.10 Å². The third kappa shape index (κ3) is 4.19. The van der Waals surface area contributed by atoms with Gasteiger partial charge in [0.1, 0.15) is 5.75 Å². The Balaban J connectivity index is 1.56. The van der Waals surface area contributed by atoms with E-state index in [1.54, 1.807) is 30.5 Å². The lowest BCUT2D eigenvalue weighted by Crippen LogP contribution is -2.44. The molecule has 0 saturated carbocycles. The number of pyridine rings is 1. The number of rotatable bonds is 6. The molecule has 25 heavy (non-hydrogen) atoms. The summed E-state index contributed by atoms with van der Waals surface area (Å²) in [7, 11) is -3.19. The maximum Gasteiger partial charge on any atom is 0.216 e. The largest absolute Gasteiger partial charge is 0.492 e. The first kappa shape index (κ1) is 17.9. The maximum atomic E-state index is 12.3. The molecular formula is C17H24N4O3S. The minimum Gasteiger partial charge on any atom is -0.492 e. The van der Waals surface area contributed by atoms with Crippen molar-refractivity contribution in [3.8, 4) is 17.1 Å². The number of hydrogen-bond acceptors (Lipinski definition) is 5. The Morgan fingerprint density at radius 2 is 2.20 bits per heavy atom. The second-order valence-electron chi connectivity index (χ2n) is 6.62. The third-order valence-corrected chi connectivity index (χ3v) is 6.68. The second-order valence-corrected chi connectivity index (χ2v) is 9.11. The van der Waals surface area contributed by atoms with E-state index < -0.39 is 10.0 Å². The molecule has 1 N–H and O–H groups in total. The second kappa shape index (κ2) is 7.53. The van der Waals surface area contributed by atoms with E-state index >= 15 is 0 Å². The van der Waals surface area contributed by atoms with Crippen molar-refractivity contribution in [2.24, 2.45) is 5.92 Å². The lowest BCUT2D eigenvalue weighted by molar-refractivity contribution is 0.179. The van der Waals surface area contributed by atoms with Crippen molar-refractivity contribution in [2.75, 3.05) is 19.7 Å². The first-order chi connectivity index (χ1) is 12.0. The van der Waals surface area contributed by atoms with Gasteiger partial charge in [0, 0.05) is 25.2 Å². The molecule has 3 rings (SSSR count). The molecule has 1 fully saturated rings. The smallest absolute Gasteiger partial charge is 0.216 e. The zero-order valence-corrected chi connectivity index (χ0v) is 15.4. The van der Waals surface area contributed by atoms with Crippen LogP contribution in [-0.4, -0.2) is 52.9 Å². The highest BCUT2D eigenvalue weighted by Gasteiger charge is 2.31. The van der Waals surface area contributed by atoms with Gasteiger partial charge in [0.2, 0.25) is 10.0 Å². The van der Waals surface area contributed by atoms with Gasteiger partial charge in [-0.3, -0.25) is 10.1 Å². The summed E-state index contributed by atoms with van der Waals surface area (Å²) < 4.78 is 32.1.